The molecule has 96 valence electrons. The van der Waals surface area contributed by atoms with Gasteiger partial charge in [-0.15, -0.1) is 0 Å². The molecular weight excluding hydrogens is 353 g/mol. The van der Waals surface area contributed by atoms with E-state index in [0.717, 1.165) is 16.6 Å². The zero-order valence-electron chi connectivity index (χ0n) is 9.71. The van der Waals surface area contributed by atoms with Crippen LogP contribution in [-0.4, -0.2) is 6.54 Å². The average Bonchev–Trinajstić information content (AvgIpc) is 2.71. The molecule has 1 heterocycles. The summed E-state index contributed by atoms with van der Waals surface area (Å²) in [7, 11) is 0. The Bertz CT molecular complexity index is 521. The first-order chi connectivity index (χ1) is 8.61. The van der Waals surface area contributed by atoms with Crippen molar-refractivity contribution in [1.29, 1.82) is 0 Å². The van der Waals surface area contributed by atoms with E-state index in [-0.39, 0.29) is 6.04 Å². The molecule has 2 aromatic rings. The molecule has 1 aromatic heterocycles. The lowest BCUT2D eigenvalue weighted by atomic mass is 10.0. The molecule has 1 unspecified atom stereocenters. The van der Waals surface area contributed by atoms with Crippen molar-refractivity contribution in [1.82, 2.24) is 5.32 Å². The molecule has 2 rings (SSSR count). The van der Waals surface area contributed by atoms with Crippen LogP contribution in [0.3, 0.4) is 0 Å². The minimum Gasteiger partial charge on any atom is -0.306 e. The summed E-state index contributed by atoms with van der Waals surface area (Å²) in [5.41, 5.74) is 2.29. The Hall–Kier alpha value is -0.0600. The Balaban J connectivity index is 2.44. The van der Waals surface area contributed by atoms with Crippen LogP contribution in [0, 0.1) is 0 Å². The predicted octanol–water partition coefficient (Wildman–Crippen LogP) is 5.52. The third kappa shape index (κ3) is 3.28. The van der Waals surface area contributed by atoms with Crippen molar-refractivity contribution in [2.24, 2.45) is 0 Å². The molecule has 0 amide bonds. The molecule has 0 fully saturated rings. The van der Waals surface area contributed by atoms with E-state index in [2.05, 4.69) is 38.9 Å². The summed E-state index contributed by atoms with van der Waals surface area (Å²) in [6.45, 7) is 2.95. The SMILES string of the molecule is CCNC(c1cc(Cl)cc(Cl)c1)c1cscc1Br. The molecule has 0 aliphatic heterocycles. The van der Waals surface area contributed by atoms with E-state index in [4.69, 9.17) is 23.2 Å². The van der Waals surface area contributed by atoms with E-state index >= 15 is 0 Å². The first-order valence-corrected chi connectivity index (χ1v) is 8.02. The Kier molecular flexibility index (Phi) is 5.10. The summed E-state index contributed by atoms with van der Waals surface area (Å²) in [5.74, 6) is 0. The van der Waals surface area contributed by atoms with Crippen molar-refractivity contribution in [2.75, 3.05) is 6.54 Å². The molecular formula is C13H12BrCl2NS. The molecule has 0 radical (unpaired) electrons. The third-order valence-electron chi connectivity index (χ3n) is 2.58. The summed E-state index contributed by atoms with van der Waals surface area (Å²) in [6.07, 6.45) is 0. The van der Waals surface area contributed by atoms with Gasteiger partial charge in [-0.1, -0.05) is 30.1 Å². The van der Waals surface area contributed by atoms with Gasteiger partial charge in [-0.3, -0.25) is 0 Å². The van der Waals surface area contributed by atoms with E-state index in [1.807, 2.05) is 12.1 Å². The van der Waals surface area contributed by atoms with Crippen LogP contribution in [0.2, 0.25) is 10.0 Å². The molecule has 1 aromatic carbocycles. The minimum absolute atomic E-state index is 0.104. The maximum Gasteiger partial charge on any atom is 0.0597 e. The van der Waals surface area contributed by atoms with Crippen molar-refractivity contribution in [3.8, 4) is 0 Å². The van der Waals surface area contributed by atoms with Crippen molar-refractivity contribution in [3.05, 3.63) is 54.6 Å². The van der Waals surface area contributed by atoms with Crippen LogP contribution in [0.15, 0.2) is 33.4 Å². The second-order valence-electron chi connectivity index (χ2n) is 3.87. The zero-order chi connectivity index (χ0) is 13.1. The predicted molar refractivity (Wildman–Crippen MR) is 84.0 cm³/mol. The Morgan fingerprint density at radius 3 is 2.39 bits per heavy atom. The molecule has 0 bridgehead atoms. The van der Waals surface area contributed by atoms with Gasteiger partial charge in [0.15, 0.2) is 0 Å². The largest absolute Gasteiger partial charge is 0.306 e. The first-order valence-electron chi connectivity index (χ1n) is 5.52. The van der Waals surface area contributed by atoms with Crippen molar-refractivity contribution in [3.63, 3.8) is 0 Å². The van der Waals surface area contributed by atoms with Gasteiger partial charge in [-0.05, 0) is 57.2 Å². The summed E-state index contributed by atoms with van der Waals surface area (Å²) in [6, 6.07) is 5.75. The first kappa shape index (κ1) is 14.4. The minimum atomic E-state index is 0.104. The fourth-order valence-electron chi connectivity index (χ4n) is 1.85. The van der Waals surface area contributed by atoms with Gasteiger partial charge in [0.2, 0.25) is 0 Å². The Labute approximate surface area is 129 Å². The van der Waals surface area contributed by atoms with Crippen LogP contribution in [0.5, 0.6) is 0 Å². The Morgan fingerprint density at radius 2 is 1.89 bits per heavy atom. The lowest BCUT2D eigenvalue weighted by molar-refractivity contribution is 0.630. The zero-order valence-corrected chi connectivity index (χ0v) is 13.6. The van der Waals surface area contributed by atoms with Crippen LogP contribution in [0.4, 0.5) is 0 Å². The highest BCUT2D eigenvalue weighted by Gasteiger charge is 2.17. The van der Waals surface area contributed by atoms with Crippen LogP contribution in [-0.2, 0) is 0 Å². The monoisotopic (exact) mass is 363 g/mol. The fourth-order valence-corrected chi connectivity index (χ4v) is 3.95. The molecule has 0 aliphatic rings. The van der Waals surface area contributed by atoms with E-state index < -0.39 is 0 Å². The van der Waals surface area contributed by atoms with E-state index in [0.29, 0.717) is 10.0 Å². The maximum absolute atomic E-state index is 6.07. The number of hydrogen-bond acceptors (Lipinski definition) is 2. The number of rotatable bonds is 4. The summed E-state index contributed by atoms with van der Waals surface area (Å²) in [4.78, 5) is 0. The van der Waals surface area contributed by atoms with Gasteiger partial charge in [0.25, 0.3) is 0 Å². The standard InChI is InChI=1S/C13H12BrCl2NS/c1-2-17-13(11-6-18-7-12(11)14)8-3-9(15)5-10(16)4-8/h3-7,13,17H,2H2,1H3. The van der Waals surface area contributed by atoms with E-state index in [9.17, 15) is 0 Å². The highest BCUT2D eigenvalue weighted by Crippen LogP contribution is 2.33. The highest BCUT2D eigenvalue weighted by molar-refractivity contribution is 9.10. The van der Waals surface area contributed by atoms with Gasteiger partial charge in [0.05, 0.1) is 6.04 Å². The fraction of sp³-hybridized carbons (Fsp3) is 0.231. The number of halogens is 3. The summed E-state index contributed by atoms with van der Waals surface area (Å²) in [5, 5.41) is 8.98. The van der Waals surface area contributed by atoms with Crippen LogP contribution in [0.1, 0.15) is 24.1 Å². The van der Waals surface area contributed by atoms with Gasteiger partial charge < -0.3 is 5.32 Å². The van der Waals surface area contributed by atoms with Gasteiger partial charge in [-0.2, -0.15) is 11.3 Å². The molecule has 0 saturated heterocycles. The second kappa shape index (κ2) is 6.40. The number of nitrogens with one attached hydrogen (secondary N) is 1. The van der Waals surface area contributed by atoms with Crippen LogP contribution < -0.4 is 5.32 Å². The second-order valence-corrected chi connectivity index (χ2v) is 6.34. The highest BCUT2D eigenvalue weighted by atomic mass is 79.9. The van der Waals surface area contributed by atoms with E-state index in [1.54, 1.807) is 17.4 Å². The third-order valence-corrected chi connectivity index (χ3v) is 4.77. The molecule has 0 aliphatic carbocycles. The lowest BCUT2D eigenvalue weighted by Gasteiger charge is -2.19. The van der Waals surface area contributed by atoms with Gasteiger partial charge >= 0.3 is 0 Å². The molecule has 5 heteroatoms. The van der Waals surface area contributed by atoms with Crippen molar-refractivity contribution >= 4 is 50.5 Å². The summed E-state index contributed by atoms with van der Waals surface area (Å²) >= 11 is 17.4. The average molecular weight is 365 g/mol. The number of benzene rings is 1. The molecule has 1 N–H and O–H groups in total. The van der Waals surface area contributed by atoms with Gasteiger partial charge in [0, 0.05) is 19.9 Å². The topological polar surface area (TPSA) is 12.0 Å². The Morgan fingerprint density at radius 1 is 1.22 bits per heavy atom. The number of hydrogen-bond donors (Lipinski definition) is 1. The van der Waals surface area contributed by atoms with Crippen LogP contribution >= 0.6 is 50.5 Å². The van der Waals surface area contributed by atoms with E-state index in [1.165, 1.54) is 5.56 Å². The molecule has 1 atom stereocenters. The maximum atomic E-state index is 6.07. The quantitative estimate of drug-likeness (QED) is 0.753. The van der Waals surface area contributed by atoms with Crippen molar-refractivity contribution < 1.29 is 0 Å². The van der Waals surface area contributed by atoms with Gasteiger partial charge in [0.1, 0.15) is 0 Å². The number of thiophene rings is 1. The molecule has 18 heavy (non-hydrogen) atoms. The lowest BCUT2D eigenvalue weighted by Crippen LogP contribution is -2.21. The molecule has 0 spiro atoms. The summed E-state index contributed by atoms with van der Waals surface area (Å²) < 4.78 is 1.11. The molecule has 0 saturated carbocycles. The normalized spacial score (nSPS) is 12.7. The van der Waals surface area contributed by atoms with Gasteiger partial charge in [-0.25, -0.2) is 0 Å². The smallest absolute Gasteiger partial charge is 0.0597 e. The molecule has 1 nitrogen and oxygen atoms in total. The van der Waals surface area contributed by atoms with Crippen molar-refractivity contribution in [2.45, 2.75) is 13.0 Å². The van der Waals surface area contributed by atoms with Crippen LogP contribution in [0.25, 0.3) is 0 Å².